The van der Waals surface area contributed by atoms with Crippen LogP contribution in [-0.2, 0) is 16.0 Å². The van der Waals surface area contributed by atoms with Gasteiger partial charge in [0.15, 0.2) is 6.29 Å². The molecule has 1 atom stereocenters. The van der Waals surface area contributed by atoms with Gasteiger partial charge in [0, 0.05) is 54.8 Å². The quantitative estimate of drug-likeness (QED) is 0.163. The van der Waals surface area contributed by atoms with Gasteiger partial charge in [0.25, 0.3) is 5.91 Å². The molecule has 1 amide bonds. The third kappa shape index (κ3) is 6.68. The Morgan fingerprint density at radius 3 is 2.45 bits per heavy atom. The van der Waals surface area contributed by atoms with E-state index in [1.165, 1.54) is 26.4 Å². The van der Waals surface area contributed by atoms with Gasteiger partial charge in [-0.25, -0.2) is 4.79 Å². The molecule has 0 radical (unpaired) electrons. The van der Waals surface area contributed by atoms with Crippen LogP contribution in [0.2, 0.25) is 5.02 Å². The first kappa shape index (κ1) is 32.8. The maximum absolute atomic E-state index is 13.2. The third-order valence-electron chi connectivity index (χ3n) is 8.02. The summed E-state index contributed by atoms with van der Waals surface area (Å²) in [5.74, 6) is 0.159. The highest BCUT2D eigenvalue weighted by atomic mass is 35.5. The molecule has 234 valence electrons. The second-order valence-electron chi connectivity index (χ2n) is 11.8. The van der Waals surface area contributed by atoms with Crippen LogP contribution in [0.1, 0.15) is 72.4 Å². The van der Waals surface area contributed by atoms with E-state index in [9.17, 15) is 14.7 Å². The molecule has 0 bridgehead atoms. The molecule has 2 N–H and O–H groups in total. The number of esters is 1. The molecule has 12 heteroatoms. The van der Waals surface area contributed by atoms with Gasteiger partial charge in [-0.15, -0.1) is 0 Å². The number of methoxy groups -OCH3 is 2. The van der Waals surface area contributed by atoms with E-state index >= 15 is 0 Å². The Balaban J connectivity index is 1.31. The van der Waals surface area contributed by atoms with Crippen LogP contribution in [0, 0.1) is 22.2 Å². The van der Waals surface area contributed by atoms with Crippen molar-refractivity contribution >= 4 is 23.5 Å². The third-order valence-corrected chi connectivity index (χ3v) is 8.33. The van der Waals surface area contributed by atoms with Gasteiger partial charge in [-0.3, -0.25) is 9.48 Å². The van der Waals surface area contributed by atoms with E-state index in [2.05, 4.69) is 10.4 Å². The standard InChI is InChI=1S/C32H37ClN4O7/c1-31(2)29(32(3,4)30(31)44-21-9-8-19(18-34)24(33)17-21)35-26(38)25-12-14-37(36-25)13-7-15-43-20-10-11-22(27(39)41-5)23(16-20)28(40)42-6/h8-12,14,16-17,28-30,40H,7,13,15H2,1-6H3,(H,35,38). The summed E-state index contributed by atoms with van der Waals surface area (Å²) in [7, 11) is 2.59. The number of amides is 1. The summed E-state index contributed by atoms with van der Waals surface area (Å²) in [4.78, 5) is 25.2. The van der Waals surface area contributed by atoms with Crippen LogP contribution >= 0.6 is 11.6 Å². The highest BCUT2D eigenvalue weighted by Crippen LogP contribution is 2.55. The lowest BCUT2D eigenvalue weighted by Gasteiger charge is -2.63. The summed E-state index contributed by atoms with van der Waals surface area (Å²) in [5.41, 5.74) is 0.324. The minimum atomic E-state index is -1.31. The van der Waals surface area contributed by atoms with E-state index < -0.39 is 23.1 Å². The lowest BCUT2D eigenvalue weighted by molar-refractivity contribution is -0.164. The number of nitrogens with zero attached hydrogens (tertiary/aromatic N) is 3. The predicted octanol–water partition coefficient (Wildman–Crippen LogP) is 4.91. The lowest BCUT2D eigenvalue weighted by atomic mass is 9.49. The Morgan fingerprint density at radius 2 is 1.82 bits per heavy atom. The number of benzene rings is 2. The zero-order chi connectivity index (χ0) is 32.2. The lowest BCUT2D eigenvalue weighted by Crippen LogP contribution is -2.74. The molecule has 1 aromatic heterocycles. The van der Waals surface area contributed by atoms with Gasteiger partial charge in [-0.05, 0) is 36.4 Å². The van der Waals surface area contributed by atoms with E-state index in [0.29, 0.717) is 47.4 Å². The number of halogens is 1. The SMILES string of the molecule is COC(=O)c1ccc(OCCCn2ccc(C(=O)NC3C(C)(C)C(Oc4ccc(C#N)c(Cl)c4)C3(C)C)n2)cc1C(O)OC. The van der Waals surface area contributed by atoms with Crippen molar-refractivity contribution < 1.29 is 33.6 Å². The zero-order valence-electron chi connectivity index (χ0n) is 25.6. The minimum Gasteiger partial charge on any atom is -0.494 e. The number of hydrogen-bond donors (Lipinski definition) is 2. The van der Waals surface area contributed by atoms with E-state index in [1.54, 1.807) is 41.2 Å². The monoisotopic (exact) mass is 624 g/mol. The molecule has 0 saturated heterocycles. The van der Waals surface area contributed by atoms with Crippen molar-refractivity contribution in [1.29, 1.82) is 5.26 Å². The summed E-state index contributed by atoms with van der Waals surface area (Å²) in [6, 6.07) is 13.2. The summed E-state index contributed by atoms with van der Waals surface area (Å²) in [6.45, 7) is 9.00. The van der Waals surface area contributed by atoms with Crippen molar-refractivity contribution in [3.8, 4) is 17.6 Å². The average Bonchev–Trinajstić information content (AvgIpc) is 3.48. The Morgan fingerprint density at radius 1 is 1.11 bits per heavy atom. The molecule has 3 aromatic rings. The predicted molar refractivity (Wildman–Crippen MR) is 161 cm³/mol. The first-order valence-electron chi connectivity index (χ1n) is 14.1. The number of hydrogen-bond acceptors (Lipinski definition) is 9. The van der Waals surface area contributed by atoms with Crippen LogP contribution < -0.4 is 14.8 Å². The number of rotatable bonds is 12. The van der Waals surface area contributed by atoms with Gasteiger partial charge < -0.3 is 29.4 Å². The van der Waals surface area contributed by atoms with Crippen LogP contribution in [0.15, 0.2) is 48.7 Å². The Kier molecular flexibility index (Phi) is 9.88. The van der Waals surface area contributed by atoms with E-state index in [0.717, 1.165) is 0 Å². The molecule has 1 unspecified atom stereocenters. The van der Waals surface area contributed by atoms with Crippen molar-refractivity contribution in [3.63, 3.8) is 0 Å². The van der Waals surface area contributed by atoms with Crippen LogP contribution in [0.25, 0.3) is 0 Å². The molecule has 1 heterocycles. The number of aromatic nitrogens is 2. The topological polar surface area (TPSA) is 145 Å². The molecule has 1 aliphatic carbocycles. The molecule has 1 saturated carbocycles. The molecule has 1 aliphatic rings. The zero-order valence-corrected chi connectivity index (χ0v) is 26.3. The normalized spacial score (nSPS) is 18.8. The van der Waals surface area contributed by atoms with Crippen molar-refractivity contribution in [3.05, 3.63) is 76.1 Å². The van der Waals surface area contributed by atoms with E-state index in [-0.39, 0.29) is 29.2 Å². The Hall–Kier alpha value is -4.11. The number of aryl methyl sites for hydroxylation is 1. The van der Waals surface area contributed by atoms with Gasteiger partial charge in [0.1, 0.15) is 29.4 Å². The molecule has 2 aromatic carbocycles. The fourth-order valence-electron chi connectivity index (χ4n) is 6.08. The fraction of sp³-hybridized carbons (Fsp3) is 0.438. The molecular weight excluding hydrogens is 588 g/mol. The molecule has 11 nitrogen and oxygen atoms in total. The average molecular weight is 625 g/mol. The van der Waals surface area contributed by atoms with Crippen LogP contribution in [0.4, 0.5) is 0 Å². The Labute approximate surface area is 261 Å². The molecular formula is C32H37ClN4O7. The van der Waals surface area contributed by atoms with Gasteiger partial charge in [0.05, 0.1) is 29.9 Å². The summed E-state index contributed by atoms with van der Waals surface area (Å²) < 4.78 is 23.5. The molecule has 0 aliphatic heterocycles. The van der Waals surface area contributed by atoms with Crippen molar-refractivity contribution in [1.82, 2.24) is 15.1 Å². The van der Waals surface area contributed by atoms with Gasteiger partial charge in [-0.1, -0.05) is 39.3 Å². The summed E-state index contributed by atoms with van der Waals surface area (Å²) >= 11 is 6.19. The second kappa shape index (κ2) is 13.3. The largest absolute Gasteiger partial charge is 0.494 e. The number of nitrogens with one attached hydrogen (secondary N) is 1. The van der Waals surface area contributed by atoms with Crippen molar-refractivity contribution in [2.24, 2.45) is 10.8 Å². The van der Waals surface area contributed by atoms with Crippen LogP contribution in [0.3, 0.4) is 0 Å². The molecule has 44 heavy (non-hydrogen) atoms. The number of aliphatic hydroxyl groups is 1. The van der Waals surface area contributed by atoms with Gasteiger partial charge in [0.2, 0.25) is 0 Å². The molecule has 4 rings (SSSR count). The first-order chi connectivity index (χ1) is 20.8. The summed E-state index contributed by atoms with van der Waals surface area (Å²) in [5, 5.41) is 27.2. The number of carbonyl (C=O) groups is 2. The van der Waals surface area contributed by atoms with Crippen LogP contribution in [0.5, 0.6) is 11.5 Å². The highest BCUT2D eigenvalue weighted by Gasteiger charge is 2.64. The molecule has 1 fully saturated rings. The van der Waals surface area contributed by atoms with Crippen LogP contribution in [-0.4, -0.2) is 59.7 Å². The number of nitriles is 1. The molecule has 0 spiro atoms. The number of ether oxygens (including phenoxy) is 4. The van der Waals surface area contributed by atoms with Crippen molar-refractivity contribution in [2.75, 3.05) is 20.8 Å². The van der Waals surface area contributed by atoms with Gasteiger partial charge >= 0.3 is 5.97 Å². The fourth-order valence-corrected chi connectivity index (χ4v) is 6.30. The summed E-state index contributed by atoms with van der Waals surface area (Å²) in [6.07, 6.45) is 0.805. The number of aliphatic hydroxyl groups excluding tert-OH is 1. The maximum atomic E-state index is 13.2. The second-order valence-corrected chi connectivity index (χ2v) is 12.2. The van der Waals surface area contributed by atoms with E-state index in [4.69, 9.17) is 35.8 Å². The van der Waals surface area contributed by atoms with Gasteiger partial charge in [-0.2, -0.15) is 10.4 Å². The Bertz CT molecular complexity index is 1550. The van der Waals surface area contributed by atoms with Crippen molar-refractivity contribution in [2.45, 2.75) is 59.1 Å². The first-order valence-corrected chi connectivity index (χ1v) is 14.5. The highest BCUT2D eigenvalue weighted by molar-refractivity contribution is 6.31. The minimum absolute atomic E-state index is 0.185. The van der Waals surface area contributed by atoms with E-state index in [1.807, 2.05) is 33.8 Å². The smallest absolute Gasteiger partial charge is 0.338 e. The number of carbonyl (C=O) groups excluding carboxylic acids is 2. The maximum Gasteiger partial charge on any atom is 0.338 e.